The minimum absolute atomic E-state index is 0.142. The van der Waals surface area contributed by atoms with Crippen molar-refractivity contribution in [2.45, 2.75) is 12.3 Å². The van der Waals surface area contributed by atoms with Crippen LogP contribution in [-0.4, -0.2) is 40.9 Å². The second-order valence-corrected chi connectivity index (χ2v) is 5.06. The highest BCUT2D eigenvalue weighted by Gasteiger charge is 2.33. The van der Waals surface area contributed by atoms with Crippen LogP contribution < -0.4 is 0 Å². The summed E-state index contributed by atoms with van der Waals surface area (Å²) >= 11 is 1.69. The molecule has 1 saturated heterocycles. The van der Waals surface area contributed by atoms with Gasteiger partial charge in [0.05, 0.1) is 18.1 Å². The molecule has 1 unspecified atom stereocenters. The van der Waals surface area contributed by atoms with Crippen LogP contribution in [-0.2, 0) is 16.6 Å². The fourth-order valence-electron chi connectivity index (χ4n) is 1.98. The molecule has 0 bridgehead atoms. The summed E-state index contributed by atoms with van der Waals surface area (Å²) in [5.74, 6) is 0.781. The van der Waals surface area contributed by atoms with Crippen LogP contribution >= 0.6 is 11.8 Å². The van der Waals surface area contributed by atoms with E-state index in [0.717, 1.165) is 0 Å². The first kappa shape index (κ1) is 12.5. The highest BCUT2D eigenvalue weighted by Crippen LogP contribution is 2.38. The fraction of sp³-hybridized carbons (Fsp3) is 0.583. The van der Waals surface area contributed by atoms with Crippen molar-refractivity contribution in [2.24, 2.45) is 7.05 Å². The van der Waals surface area contributed by atoms with Gasteiger partial charge in [0.2, 0.25) is 5.91 Å². The van der Waals surface area contributed by atoms with Gasteiger partial charge in [-0.25, -0.2) is 0 Å². The molecule has 0 aromatic carbocycles. The van der Waals surface area contributed by atoms with Gasteiger partial charge in [0.25, 0.3) is 0 Å². The zero-order chi connectivity index (χ0) is 12.3. The zero-order valence-corrected chi connectivity index (χ0v) is 11.1. The number of rotatable bonds is 5. The summed E-state index contributed by atoms with van der Waals surface area (Å²) in [6.07, 6.45) is 2.01. The van der Waals surface area contributed by atoms with Crippen LogP contribution in [0.1, 0.15) is 18.0 Å². The number of carbonyl (C=O) groups excluding carboxylic acids is 1. The minimum Gasteiger partial charge on any atom is -0.380 e. The normalized spacial score (nSPS) is 20.2. The standard InChI is InChI=1S/C12H18N2O2S/c1-3-16-8-7-14-11(15)9-17-12(14)10-5-4-6-13(10)2/h4-6,12H,3,7-9H2,1-2H3. The van der Waals surface area contributed by atoms with Gasteiger partial charge in [-0.2, -0.15) is 0 Å². The van der Waals surface area contributed by atoms with Crippen molar-refractivity contribution in [3.8, 4) is 0 Å². The van der Waals surface area contributed by atoms with Crippen molar-refractivity contribution in [3.63, 3.8) is 0 Å². The van der Waals surface area contributed by atoms with Crippen molar-refractivity contribution in [2.75, 3.05) is 25.5 Å². The maximum atomic E-state index is 11.8. The first-order valence-corrected chi connectivity index (χ1v) is 6.89. The summed E-state index contributed by atoms with van der Waals surface area (Å²) in [4.78, 5) is 13.7. The summed E-state index contributed by atoms with van der Waals surface area (Å²) in [6, 6.07) is 4.09. The SMILES string of the molecule is CCOCCN1C(=O)CSC1c1cccn1C. The molecule has 0 aliphatic carbocycles. The highest BCUT2D eigenvalue weighted by atomic mass is 32.2. The molecule has 1 atom stereocenters. The van der Waals surface area contributed by atoms with Crippen molar-refractivity contribution in [1.29, 1.82) is 0 Å². The number of thioether (sulfide) groups is 1. The Morgan fingerprint density at radius 3 is 3.06 bits per heavy atom. The van der Waals surface area contributed by atoms with Gasteiger partial charge in [-0.1, -0.05) is 0 Å². The van der Waals surface area contributed by atoms with E-state index in [1.807, 2.05) is 31.1 Å². The molecule has 4 nitrogen and oxygen atoms in total. The molecule has 17 heavy (non-hydrogen) atoms. The van der Waals surface area contributed by atoms with E-state index >= 15 is 0 Å². The molecule has 2 heterocycles. The van der Waals surface area contributed by atoms with E-state index in [9.17, 15) is 4.79 Å². The summed E-state index contributed by atoms with van der Waals surface area (Å²) in [7, 11) is 2.01. The topological polar surface area (TPSA) is 34.5 Å². The van der Waals surface area contributed by atoms with E-state index in [-0.39, 0.29) is 11.3 Å². The molecule has 1 aliphatic rings. The van der Waals surface area contributed by atoms with E-state index in [0.29, 0.717) is 25.5 Å². The lowest BCUT2D eigenvalue weighted by Gasteiger charge is -2.24. The average Bonchev–Trinajstić information content (AvgIpc) is 2.87. The van der Waals surface area contributed by atoms with Crippen LogP contribution in [0.5, 0.6) is 0 Å². The summed E-state index contributed by atoms with van der Waals surface area (Å²) in [5.41, 5.74) is 1.18. The average molecular weight is 254 g/mol. The summed E-state index contributed by atoms with van der Waals surface area (Å²) in [6.45, 7) is 3.96. The Labute approximate surface area is 106 Å². The van der Waals surface area contributed by atoms with Gasteiger partial charge in [0, 0.05) is 26.4 Å². The number of aromatic nitrogens is 1. The number of ether oxygens (including phenoxy) is 1. The van der Waals surface area contributed by atoms with E-state index in [1.165, 1.54) is 5.69 Å². The first-order chi connectivity index (χ1) is 8.24. The van der Waals surface area contributed by atoms with Gasteiger partial charge >= 0.3 is 0 Å². The molecule has 1 aromatic heterocycles. The van der Waals surface area contributed by atoms with Crippen molar-refractivity contribution >= 4 is 17.7 Å². The van der Waals surface area contributed by atoms with E-state index < -0.39 is 0 Å². The number of amides is 1. The monoisotopic (exact) mass is 254 g/mol. The molecule has 1 amide bonds. The van der Waals surface area contributed by atoms with Crippen LogP contribution in [0, 0.1) is 0 Å². The predicted molar refractivity (Wildman–Crippen MR) is 68.8 cm³/mol. The molecule has 1 aromatic rings. The molecule has 0 saturated carbocycles. The number of nitrogens with zero attached hydrogens (tertiary/aromatic N) is 2. The van der Waals surface area contributed by atoms with Crippen molar-refractivity contribution in [3.05, 3.63) is 24.0 Å². The Balaban J connectivity index is 2.06. The van der Waals surface area contributed by atoms with Gasteiger partial charge in [-0.15, -0.1) is 11.8 Å². The Morgan fingerprint density at radius 1 is 1.59 bits per heavy atom. The quantitative estimate of drug-likeness (QED) is 0.749. The number of hydrogen-bond acceptors (Lipinski definition) is 3. The van der Waals surface area contributed by atoms with Crippen LogP contribution in [0.4, 0.5) is 0 Å². The second kappa shape index (κ2) is 5.60. The zero-order valence-electron chi connectivity index (χ0n) is 10.3. The maximum Gasteiger partial charge on any atom is 0.233 e. The molecular weight excluding hydrogens is 236 g/mol. The van der Waals surface area contributed by atoms with Gasteiger partial charge in [0.15, 0.2) is 0 Å². The Bertz CT molecular complexity index is 392. The van der Waals surface area contributed by atoms with Crippen molar-refractivity contribution < 1.29 is 9.53 Å². The fourth-order valence-corrected chi connectivity index (χ4v) is 3.26. The Morgan fingerprint density at radius 2 is 2.41 bits per heavy atom. The number of aryl methyl sites for hydroxylation is 1. The molecule has 1 fully saturated rings. The molecular formula is C12H18N2O2S. The minimum atomic E-state index is 0.142. The Hall–Kier alpha value is -0.940. The third-order valence-electron chi connectivity index (χ3n) is 2.89. The van der Waals surface area contributed by atoms with Crippen LogP contribution in [0.2, 0.25) is 0 Å². The van der Waals surface area contributed by atoms with Crippen molar-refractivity contribution in [1.82, 2.24) is 9.47 Å². The van der Waals surface area contributed by atoms with Crippen LogP contribution in [0.25, 0.3) is 0 Å². The summed E-state index contributed by atoms with van der Waals surface area (Å²) < 4.78 is 7.40. The van der Waals surface area contributed by atoms with E-state index in [4.69, 9.17) is 4.74 Å². The molecule has 0 radical (unpaired) electrons. The molecule has 1 aliphatic heterocycles. The number of hydrogen-bond donors (Lipinski definition) is 0. The third kappa shape index (κ3) is 2.66. The van der Waals surface area contributed by atoms with Gasteiger partial charge in [-0.05, 0) is 19.1 Å². The van der Waals surface area contributed by atoms with Crippen LogP contribution in [0.3, 0.4) is 0 Å². The van der Waals surface area contributed by atoms with Gasteiger partial charge in [-0.3, -0.25) is 4.79 Å². The molecule has 0 N–H and O–H groups in total. The third-order valence-corrected chi connectivity index (χ3v) is 4.11. The lowest BCUT2D eigenvalue weighted by molar-refractivity contribution is -0.128. The molecule has 5 heteroatoms. The highest BCUT2D eigenvalue weighted by molar-refractivity contribution is 8.00. The largest absolute Gasteiger partial charge is 0.380 e. The number of carbonyl (C=O) groups is 1. The van der Waals surface area contributed by atoms with Gasteiger partial charge in [0.1, 0.15) is 5.37 Å². The second-order valence-electron chi connectivity index (χ2n) is 3.99. The van der Waals surface area contributed by atoms with E-state index in [1.54, 1.807) is 11.8 Å². The lowest BCUT2D eigenvalue weighted by Crippen LogP contribution is -2.32. The maximum absolute atomic E-state index is 11.8. The van der Waals surface area contributed by atoms with Crippen LogP contribution in [0.15, 0.2) is 18.3 Å². The van der Waals surface area contributed by atoms with E-state index in [2.05, 4.69) is 10.6 Å². The molecule has 94 valence electrons. The first-order valence-electron chi connectivity index (χ1n) is 5.84. The smallest absolute Gasteiger partial charge is 0.233 e. The molecule has 0 spiro atoms. The molecule has 2 rings (SSSR count). The Kier molecular flexibility index (Phi) is 4.12. The lowest BCUT2D eigenvalue weighted by atomic mass is 10.3. The summed E-state index contributed by atoms with van der Waals surface area (Å²) in [5, 5.41) is 0.142. The van der Waals surface area contributed by atoms with Gasteiger partial charge < -0.3 is 14.2 Å². The predicted octanol–water partition coefficient (Wildman–Crippen LogP) is 1.64.